The SMILES string of the molecule is COc1ccc(CCCCN)c(OC(C)C)c1OC. The van der Waals surface area contributed by atoms with Crippen molar-refractivity contribution < 1.29 is 14.2 Å². The lowest BCUT2D eigenvalue weighted by atomic mass is 10.1. The van der Waals surface area contributed by atoms with Crippen molar-refractivity contribution in [2.45, 2.75) is 39.2 Å². The van der Waals surface area contributed by atoms with Gasteiger partial charge in [0.25, 0.3) is 0 Å². The molecule has 19 heavy (non-hydrogen) atoms. The van der Waals surface area contributed by atoms with E-state index < -0.39 is 0 Å². The zero-order valence-electron chi connectivity index (χ0n) is 12.4. The van der Waals surface area contributed by atoms with Gasteiger partial charge in [-0.05, 0) is 51.3 Å². The van der Waals surface area contributed by atoms with E-state index in [1.165, 1.54) is 0 Å². The molecule has 0 aliphatic heterocycles. The molecule has 1 aromatic carbocycles. The molecule has 0 bridgehead atoms. The van der Waals surface area contributed by atoms with Crippen LogP contribution in [0.4, 0.5) is 0 Å². The fraction of sp³-hybridized carbons (Fsp3) is 0.600. The first kappa shape index (κ1) is 15.6. The molecule has 0 saturated carbocycles. The third kappa shape index (κ3) is 4.31. The third-order valence-corrected chi connectivity index (χ3v) is 2.84. The Labute approximate surface area is 115 Å². The molecule has 1 rings (SSSR count). The van der Waals surface area contributed by atoms with Crippen LogP contribution in [0.2, 0.25) is 0 Å². The summed E-state index contributed by atoms with van der Waals surface area (Å²) >= 11 is 0. The van der Waals surface area contributed by atoms with E-state index in [2.05, 4.69) is 0 Å². The number of ether oxygens (including phenoxy) is 3. The molecule has 0 heterocycles. The van der Waals surface area contributed by atoms with Gasteiger partial charge in [-0.1, -0.05) is 6.07 Å². The molecular weight excluding hydrogens is 242 g/mol. The average molecular weight is 267 g/mol. The number of unbranched alkanes of at least 4 members (excludes halogenated alkanes) is 1. The first-order valence-electron chi connectivity index (χ1n) is 6.74. The standard InChI is InChI=1S/C15H25NO3/c1-11(2)19-14-12(7-5-6-10-16)8-9-13(17-3)15(14)18-4/h8-9,11H,5-7,10,16H2,1-4H3. The van der Waals surface area contributed by atoms with Gasteiger partial charge in [-0.2, -0.15) is 0 Å². The average Bonchev–Trinajstić information content (AvgIpc) is 2.39. The lowest BCUT2D eigenvalue weighted by molar-refractivity contribution is 0.224. The lowest BCUT2D eigenvalue weighted by Gasteiger charge is -2.19. The molecule has 2 N–H and O–H groups in total. The van der Waals surface area contributed by atoms with E-state index in [0.717, 1.165) is 30.6 Å². The highest BCUT2D eigenvalue weighted by atomic mass is 16.5. The molecule has 0 aliphatic rings. The zero-order valence-corrected chi connectivity index (χ0v) is 12.4. The van der Waals surface area contributed by atoms with E-state index in [1.54, 1.807) is 14.2 Å². The molecule has 0 spiro atoms. The number of rotatable bonds is 8. The van der Waals surface area contributed by atoms with Gasteiger partial charge in [-0.3, -0.25) is 0 Å². The highest BCUT2D eigenvalue weighted by Crippen LogP contribution is 2.41. The van der Waals surface area contributed by atoms with Crippen LogP contribution >= 0.6 is 0 Å². The molecule has 0 amide bonds. The predicted octanol–water partition coefficient (Wildman–Crippen LogP) is 2.77. The maximum Gasteiger partial charge on any atom is 0.203 e. The van der Waals surface area contributed by atoms with Crippen LogP contribution in [0.1, 0.15) is 32.3 Å². The van der Waals surface area contributed by atoms with Crippen LogP contribution in [0.5, 0.6) is 17.2 Å². The van der Waals surface area contributed by atoms with Crippen LogP contribution in [0.15, 0.2) is 12.1 Å². The van der Waals surface area contributed by atoms with Crippen LogP contribution in [0.25, 0.3) is 0 Å². The van der Waals surface area contributed by atoms with E-state index >= 15 is 0 Å². The Morgan fingerprint density at radius 2 is 1.79 bits per heavy atom. The number of hydrogen-bond donors (Lipinski definition) is 1. The van der Waals surface area contributed by atoms with E-state index in [-0.39, 0.29) is 6.10 Å². The number of aryl methyl sites for hydroxylation is 1. The highest BCUT2D eigenvalue weighted by Gasteiger charge is 2.17. The van der Waals surface area contributed by atoms with Crippen molar-refractivity contribution in [3.05, 3.63) is 17.7 Å². The van der Waals surface area contributed by atoms with Crippen molar-refractivity contribution >= 4 is 0 Å². The predicted molar refractivity (Wildman–Crippen MR) is 77.3 cm³/mol. The van der Waals surface area contributed by atoms with Gasteiger partial charge in [0, 0.05) is 0 Å². The minimum atomic E-state index is 0.0919. The normalized spacial score (nSPS) is 10.6. The molecule has 4 heteroatoms. The Morgan fingerprint density at radius 1 is 1.05 bits per heavy atom. The number of benzene rings is 1. The maximum absolute atomic E-state index is 5.90. The molecule has 0 atom stereocenters. The summed E-state index contributed by atoms with van der Waals surface area (Å²) in [5.41, 5.74) is 6.68. The van der Waals surface area contributed by atoms with E-state index in [1.807, 2.05) is 26.0 Å². The van der Waals surface area contributed by atoms with Gasteiger partial charge < -0.3 is 19.9 Å². The van der Waals surface area contributed by atoms with E-state index in [9.17, 15) is 0 Å². The lowest BCUT2D eigenvalue weighted by Crippen LogP contribution is -2.10. The first-order valence-corrected chi connectivity index (χ1v) is 6.74. The minimum Gasteiger partial charge on any atom is -0.493 e. The smallest absolute Gasteiger partial charge is 0.203 e. The zero-order chi connectivity index (χ0) is 14.3. The molecule has 0 fully saturated rings. The van der Waals surface area contributed by atoms with Gasteiger partial charge in [0.2, 0.25) is 5.75 Å². The van der Waals surface area contributed by atoms with Crippen LogP contribution in [-0.4, -0.2) is 26.9 Å². The second-order valence-corrected chi connectivity index (χ2v) is 4.70. The van der Waals surface area contributed by atoms with Crippen LogP contribution < -0.4 is 19.9 Å². The summed E-state index contributed by atoms with van der Waals surface area (Å²) in [5.74, 6) is 2.15. The second-order valence-electron chi connectivity index (χ2n) is 4.70. The molecule has 108 valence electrons. The Bertz CT molecular complexity index is 391. The molecule has 0 unspecified atom stereocenters. The largest absolute Gasteiger partial charge is 0.493 e. The van der Waals surface area contributed by atoms with Crippen molar-refractivity contribution in [1.82, 2.24) is 0 Å². The summed E-state index contributed by atoms with van der Waals surface area (Å²) in [4.78, 5) is 0. The Morgan fingerprint density at radius 3 is 2.32 bits per heavy atom. The molecule has 0 radical (unpaired) electrons. The fourth-order valence-corrected chi connectivity index (χ4v) is 1.96. The maximum atomic E-state index is 5.90. The van der Waals surface area contributed by atoms with Gasteiger partial charge in [0.05, 0.1) is 20.3 Å². The van der Waals surface area contributed by atoms with Crippen molar-refractivity contribution in [2.75, 3.05) is 20.8 Å². The van der Waals surface area contributed by atoms with Gasteiger partial charge in [0.15, 0.2) is 11.5 Å². The van der Waals surface area contributed by atoms with Crippen LogP contribution in [0.3, 0.4) is 0 Å². The highest BCUT2D eigenvalue weighted by molar-refractivity contribution is 5.55. The summed E-state index contributed by atoms with van der Waals surface area (Å²) < 4.78 is 16.7. The summed E-state index contributed by atoms with van der Waals surface area (Å²) in [6, 6.07) is 3.96. The summed E-state index contributed by atoms with van der Waals surface area (Å²) in [6.45, 7) is 4.72. The van der Waals surface area contributed by atoms with Crippen molar-refractivity contribution in [3.63, 3.8) is 0 Å². The van der Waals surface area contributed by atoms with Gasteiger partial charge >= 0.3 is 0 Å². The van der Waals surface area contributed by atoms with Crippen LogP contribution in [0, 0.1) is 0 Å². The Balaban J connectivity index is 3.06. The van der Waals surface area contributed by atoms with Gasteiger partial charge in [-0.25, -0.2) is 0 Å². The van der Waals surface area contributed by atoms with E-state index in [4.69, 9.17) is 19.9 Å². The molecule has 1 aromatic rings. The molecule has 4 nitrogen and oxygen atoms in total. The third-order valence-electron chi connectivity index (χ3n) is 2.84. The monoisotopic (exact) mass is 267 g/mol. The molecule has 0 aromatic heterocycles. The Hall–Kier alpha value is -1.42. The summed E-state index contributed by atoms with van der Waals surface area (Å²) in [5, 5.41) is 0. The van der Waals surface area contributed by atoms with Gasteiger partial charge in [0.1, 0.15) is 0 Å². The second kappa shape index (κ2) is 7.89. The van der Waals surface area contributed by atoms with Crippen molar-refractivity contribution in [2.24, 2.45) is 5.73 Å². The topological polar surface area (TPSA) is 53.7 Å². The van der Waals surface area contributed by atoms with Crippen molar-refractivity contribution in [3.8, 4) is 17.2 Å². The summed E-state index contributed by atoms with van der Waals surface area (Å²) in [6.07, 6.45) is 3.07. The van der Waals surface area contributed by atoms with Gasteiger partial charge in [-0.15, -0.1) is 0 Å². The molecule has 0 saturated heterocycles. The number of methoxy groups -OCH3 is 2. The minimum absolute atomic E-state index is 0.0919. The molecular formula is C15H25NO3. The quantitative estimate of drug-likeness (QED) is 0.736. The Kier molecular flexibility index (Phi) is 6.50. The van der Waals surface area contributed by atoms with E-state index in [0.29, 0.717) is 18.0 Å². The first-order chi connectivity index (χ1) is 9.13. The number of nitrogens with two attached hydrogens (primary N) is 1. The van der Waals surface area contributed by atoms with Crippen LogP contribution in [-0.2, 0) is 6.42 Å². The number of hydrogen-bond acceptors (Lipinski definition) is 4. The van der Waals surface area contributed by atoms with Crippen molar-refractivity contribution in [1.29, 1.82) is 0 Å². The molecule has 0 aliphatic carbocycles. The fourth-order valence-electron chi connectivity index (χ4n) is 1.96. The summed E-state index contributed by atoms with van der Waals surface area (Å²) in [7, 11) is 3.26.